The second-order valence-corrected chi connectivity index (χ2v) is 5.79. The van der Waals surface area contributed by atoms with Crippen molar-refractivity contribution < 1.29 is 33.0 Å². The van der Waals surface area contributed by atoms with Crippen LogP contribution >= 0.6 is 0 Å². The third kappa shape index (κ3) is 6.01. The summed E-state index contributed by atoms with van der Waals surface area (Å²) < 4.78 is 31.2. The predicted molar refractivity (Wildman–Crippen MR) is 76.1 cm³/mol. The molecule has 1 rings (SSSR count). The van der Waals surface area contributed by atoms with Crippen LogP contribution in [-0.4, -0.2) is 34.6 Å². The van der Waals surface area contributed by atoms with E-state index in [0.717, 1.165) is 12.1 Å². The molecular formula is C15H17F2NO5. The molecule has 0 aromatic heterocycles. The minimum atomic E-state index is -1.60. The van der Waals surface area contributed by atoms with Crippen LogP contribution in [0.15, 0.2) is 18.2 Å². The summed E-state index contributed by atoms with van der Waals surface area (Å²) in [5, 5.41) is 11.1. The standard InChI is InChI=1S/C15H17F2NO5/c1-15(2,3)23-14(22)18-11(13(20)21)7-12(19)9-5-4-8(16)6-10(9)17/h4-6,11H,7H2,1-3H3,(H,18,22)(H,20,21). The number of ketones is 1. The van der Waals surface area contributed by atoms with Crippen LogP contribution in [0.2, 0.25) is 0 Å². The van der Waals surface area contributed by atoms with E-state index in [2.05, 4.69) is 0 Å². The van der Waals surface area contributed by atoms with E-state index in [0.29, 0.717) is 6.07 Å². The van der Waals surface area contributed by atoms with Crippen molar-refractivity contribution in [1.82, 2.24) is 5.32 Å². The Bertz CT molecular complexity index is 625. The smallest absolute Gasteiger partial charge is 0.408 e. The van der Waals surface area contributed by atoms with Crippen LogP contribution in [0.1, 0.15) is 37.6 Å². The van der Waals surface area contributed by atoms with Crippen LogP contribution in [0.25, 0.3) is 0 Å². The molecule has 1 unspecified atom stereocenters. The molecule has 1 atom stereocenters. The molecule has 126 valence electrons. The normalized spacial score (nSPS) is 12.4. The van der Waals surface area contributed by atoms with Crippen molar-refractivity contribution in [2.24, 2.45) is 0 Å². The van der Waals surface area contributed by atoms with Crippen LogP contribution in [-0.2, 0) is 9.53 Å². The number of aliphatic carboxylic acids is 1. The Labute approximate surface area is 131 Å². The third-order valence-electron chi connectivity index (χ3n) is 2.61. The lowest BCUT2D eigenvalue weighted by atomic mass is 10.0. The molecule has 0 spiro atoms. The summed E-state index contributed by atoms with van der Waals surface area (Å²) in [5.74, 6) is -4.32. The first kappa shape index (κ1) is 18.5. The molecule has 0 saturated carbocycles. The number of carboxylic acids is 1. The molecule has 6 nitrogen and oxygen atoms in total. The quantitative estimate of drug-likeness (QED) is 0.810. The summed E-state index contributed by atoms with van der Waals surface area (Å²) in [6.07, 6.45) is -1.71. The Kier molecular flexibility index (Phi) is 5.78. The van der Waals surface area contributed by atoms with Crippen molar-refractivity contribution in [3.05, 3.63) is 35.4 Å². The number of nitrogens with one attached hydrogen (secondary N) is 1. The fourth-order valence-electron chi connectivity index (χ4n) is 1.66. The summed E-state index contributed by atoms with van der Waals surface area (Å²) in [6, 6.07) is 0.721. The maximum Gasteiger partial charge on any atom is 0.408 e. The van der Waals surface area contributed by atoms with E-state index in [-0.39, 0.29) is 0 Å². The van der Waals surface area contributed by atoms with Crippen molar-refractivity contribution in [2.75, 3.05) is 0 Å². The topological polar surface area (TPSA) is 92.7 Å². The molecule has 0 fully saturated rings. The molecule has 1 aromatic carbocycles. The Morgan fingerprint density at radius 2 is 1.87 bits per heavy atom. The molecule has 0 aliphatic heterocycles. The first-order chi connectivity index (χ1) is 10.5. The summed E-state index contributed by atoms with van der Waals surface area (Å²) in [4.78, 5) is 34.6. The van der Waals surface area contributed by atoms with Gasteiger partial charge >= 0.3 is 12.1 Å². The molecule has 2 N–H and O–H groups in total. The number of hydrogen-bond donors (Lipinski definition) is 2. The Morgan fingerprint density at radius 3 is 2.35 bits per heavy atom. The third-order valence-corrected chi connectivity index (χ3v) is 2.61. The Morgan fingerprint density at radius 1 is 1.26 bits per heavy atom. The van der Waals surface area contributed by atoms with E-state index < -0.39 is 53.1 Å². The Balaban J connectivity index is 2.81. The molecular weight excluding hydrogens is 312 g/mol. The number of benzene rings is 1. The highest BCUT2D eigenvalue weighted by molar-refractivity contribution is 5.99. The van der Waals surface area contributed by atoms with Gasteiger partial charge in [0.2, 0.25) is 0 Å². The van der Waals surface area contributed by atoms with E-state index in [1.54, 1.807) is 20.8 Å². The van der Waals surface area contributed by atoms with Gasteiger partial charge in [0.1, 0.15) is 23.3 Å². The van der Waals surface area contributed by atoms with Gasteiger partial charge in [-0.25, -0.2) is 18.4 Å². The Hall–Kier alpha value is -2.51. The van der Waals surface area contributed by atoms with E-state index in [9.17, 15) is 23.2 Å². The molecule has 1 aromatic rings. The summed E-state index contributed by atoms with van der Waals surface area (Å²) >= 11 is 0. The second-order valence-electron chi connectivity index (χ2n) is 5.79. The molecule has 0 aliphatic rings. The first-order valence-electron chi connectivity index (χ1n) is 6.70. The van der Waals surface area contributed by atoms with Crippen molar-refractivity contribution in [3.63, 3.8) is 0 Å². The number of rotatable bonds is 5. The zero-order valence-corrected chi connectivity index (χ0v) is 12.9. The first-order valence-corrected chi connectivity index (χ1v) is 6.70. The van der Waals surface area contributed by atoms with Crippen LogP contribution < -0.4 is 5.32 Å². The number of hydrogen-bond acceptors (Lipinski definition) is 4. The van der Waals surface area contributed by atoms with E-state index in [4.69, 9.17) is 9.84 Å². The van der Waals surface area contributed by atoms with Crippen LogP contribution in [0.3, 0.4) is 0 Å². The lowest BCUT2D eigenvalue weighted by Gasteiger charge is -2.21. The van der Waals surface area contributed by atoms with E-state index in [1.807, 2.05) is 5.32 Å². The second kappa shape index (κ2) is 7.17. The van der Waals surface area contributed by atoms with Crippen LogP contribution in [0.4, 0.5) is 13.6 Å². The maximum atomic E-state index is 13.5. The average Bonchev–Trinajstić information content (AvgIpc) is 2.35. The van der Waals surface area contributed by atoms with Gasteiger partial charge in [-0.3, -0.25) is 4.79 Å². The number of amides is 1. The minimum Gasteiger partial charge on any atom is -0.480 e. The molecule has 0 bridgehead atoms. The molecule has 0 saturated heterocycles. The van der Waals surface area contributed by atoms with Crippen molar-refractivity contribution in [2.45, 2.75) is 38.8 Å². The number of carboxylic acid groups (broad SMARTS) is 1. The minimum absolute atomic E-state index is 0.455. The number of Topliss-reactive ketones (excluding diaryl/α,β-unsaturated/α-hetero) is 1. The number of carbonyl (C=O) groups excluding carboxylic acids is 2. The lowest BCUT2D eigenvalue weighted by molar-refractivity contribution is -0.139. The average molecular weight is 329 g/mol. The van der Waals surface area contributed by atoms with Gasteiger partial charge in [0.15, 0.2) is 5.78 Å². The van der Waals surface area contributed by atoms with Crippen molar-refractivity contribution in [1.29, 1.82) is 0 Å². The highest BCUT2D eigenvalue weighted by Crippen LogP contribution is 2.13. The van der Waals surface area contributed by atoms with Crippen molar-refractivity contribution in [3.8, 4) is 0 Å². The zero-order chi connectivity index (χ0) is 17.8. The molecule has 0 radical (unpaired) electrons. The summed E-state index contributed by atoms with van der Waals surface area (Å²) in [5.41, 5.74) is -1.30. The number of carbonyl (C=O) groups is 3. The number of alkyl carbamates (subject to hydrolysis) is 1. The van der Waals surface area contributed by atoms with Gasteiger partial charge in [0.05, 0.1) is 5.56 Å². The molecule has 8 heteroatoms. The predicted octanol–water partition coefficient (Wildman–Crippen LogP) is 2.52. The molecule has 0 aliphatic carbocycles. The van der Waals surface area contributed by atoms with Gasteiger partial charge in [0, 0.05) is 12.5 Å². The van der Waals surface area contributed by atoms with Gasteiger partial charge in [0.25, 0.3) is 0 Å². The van der Waals surface area contributed by atoms with Gasteiger partial charge in [-0.15, -0.1) is 0 Å². The molecule has 23 heavy (non-hydrogen) atoms. The molecule has 1 amide bonds. The van der Waals surface area contributed by atoms with Crippen molar-refractivity contribution >= 4 is 17.8 Å². The lowest BCUT2D eigenvalue weighted by Crippen LogP contribution is -2.44. The van der Waals surface area contributed by atoms with Gasteiger partial charge in [-0.2, -0.15) is 0 Å². The fourth-order valence-corrected chi connectivity index (χ4v) is 1.66. The zero-order valence-electron chi connectivity index (χ0n) is 12.9. The number of halogens is 2. The summed E-state index contributed by atoms with van der Waals surface area (Å²) in [6.45, 7) is 4.75. The highest BCUT2D eigenvalue weighted by Gasteiger charge is 2.27. The van der Waals surface area contributed by atoms with E-state index >= 15 is 0 Å². The van der Waals surface area contributed by atoms with Gasteiger partial charge in [-0.05, 0) is 32.9 Å². The van der Waals surface area contributed by atoms with Crippen LogP contribution in [0.5, 0.6) is 0 Å². The van der Waals surface area contributed by atoms with Gasteiger partial charge in [-0.1, -0.05) is 0 Å². The summed E-state index contributed by atoms with van der Waals surface area (Å²) in [7, 11) is 0. The fraction of sp³-hybridized carbons (Fsp3) is 0.400. The molecule has 0 heterocycles. The van der Waals surface area contributed by atoms with Crippen LogP contribution in [0, 0.1) is 11.6 Å². The number of ether oxygens (including phenoxy) is 1. The SMILES string of the molecule is CC(C)(C)OC(=O)NC(CC(=O)c1ccc(F)cc1F)C(=O)O. The largest absolute Gasteiger partial charge is 0.480 e. The highest BCUT2D eigenvalue weighted by atomic mass is 19.1. The van der Waals surface area contributed by atoms with E-state index in [1.165, 1.54) is 0 Å². The monoisotopic (exact) mass is 329 g/mol. The van der Waals surface area contributed by atoms with Gasteiger partial charge < -0.3 is 15.2 Å². The maximum absolute atomic E-state index is 13.5.